The number of benzene rings is 2. The Morgan fingerprint density at radius 3 is 2.36 bits per heavy atom. The Labute approximate surface area is 170 Å². The summed E-state index contributed by atoms with van der Waals surface area (Å²) in [4.78, 5) is 12.3. The maximum absolute atomic E-state index is 12.3. The van der Waals surface area contributed by atoms with Crippen molar-refractivity contribution in [3.8, 4) is 0 Å². The van der Waals surface area contributed by atoms with Gasteiger partial charge in [-0.25, -0.2) is 0 Å². The van der Waals surface area contributed by atoms with Gasteiger partial charge in [-0.3, -0.25) is 4.79 Å². The van der Waals surface area contributed by atoms with Gasteiger partial charge in [-0.1, -0.05) is 95.3 Å². The van der Waals surface area contributed by atoms with Crippen LogP contribution in [0, 0.1) is 5.41 Å². The molecule has 0 radical (unpaired) electrons. The van der Waals surface area contributed by atoms with E-state index in [1.807, 2.05) is 12.1 Å². The van der Waals surface area contributed by atoms with E-state index < -0.39 is 0 Å². The van der Waals surface area contributed by atoms with Gasteiger partial charge in [-0.05, 0) is 40.7 Å². The molecule has 0 amide bonds. The van der Waals surface area contributed by atoms with Crippen LogP contribution in [0.25, 0.3) is 16.8 Å². The van der Waals surface area contributed by atoms with Crippen LogP contribution in [-0.2, 0) is 9.53 Å². The lowest BCUT2D eigenvalue weighted by Gasteiger charge is -2.21. The molecule has 2 nitrogen and oxygen atoms in total. The van der Waals surface area contributed by atoms with Crippen molar-refractivity contribution in [2.24, 2.45) is 5.41 Å². The number of hydrogen-bond donors (Lipinski definition) is 0. The quantitative estimate of drug-likeness (QED) is 0.331. The van der Waals surface area contributed by atoms with E-state index in [-0.39, 0.29) is 12.1 Å². The van der Waals surface area contributed by atoms with Crippen molar-refractivity contribution < 1.29 is 9.53 Å². The van der Waals surface area contributed by atoms with Crippen molar-refractivity contribution in [2.45, 2.75) is 78.2 Å². The normalized spacial score (nSPS) is 15.8. The second-order valence-electron chi connectivity index (χ2n) is 9.24. The Balaban J connectivity index is 1.39. The van der Waals surface area contributed by atoms with Gasteiger partial charge < -0.3 is 4.74 Å². The molecule has 3 rings (SSSR count). The van der Waals surface area contributed by atoms with Gasteiger partial charge in [0.05, 0.1) is 0 Å². The first kappa shape index (κ1) is 20.6. The predicted molar refractivity (Wildman–Crippen MR) is 118 cm³/mol. The van der Waals surface area contributed by atoms with Crippen LogP contribution in [0.1, 0.15) is 89.4 Å². The molecule has 0 fully saturated rings. The highest BCUT2D eigenvalue weighted by atomic mass is 16.5. The molecular formula is C26H34O2. The van der Waals surface area contributed by atoms with E-state index in [0.29, 0.717) is 11.8 Å². The molecule has 2 heteroatoms. The van der Waals surface area contributed by atoms with E-state index in [9.17, 15) is 4.79 Å². The Hall–Kier alpha value is -2.09. The maximum Gasteiger partial charge on any atom is 0.306 e. The van der Waals surface area contributed by atoms with Crippen LogP contribution in [0.4, 0.5) is 0 Å². The molecule has 2 aromatic carbocycles. The zero-order valence-electron chi connectivity index (χ0n) is 17.7. The van der Waals surface area contributed by atoms with Crippen LogP contribution in [0.15, 0.2) is 42.5 Å². The third-order valence-corrected chi connectivity index (χ3v) is 5.54. The lowest BCUT2D eigenvalue weighted by atomic mass is 9.89. The lowest BCUT2D eigenvalue weighted by Crippen LogP contribution is -2.11. The highest BCUT2D eigenvalue weighted by molar-refractivity contribution is 5.95. The van der Waals surface area contributed by atoms with Crippen molar-refractivity contribution in [1.29, 1.82) is 0 Å². The van der Waals surface area contributed by atoms with Gasteiger partial charge in [0.25, 0.3) is 0 Å². The number of unbranched alkanes of at least 4 members (excludes halogenated alkanes) is 5. The van der Waals surface area contributed by atoms with Gasteiger partial charge in [-0.15, -0.1) is 0 Å². The summed E-state index contributed by atoms with van der Waals surface area (Å²) < 4.78 is 5.80. The number of esters is 1. The summed E-state index contributed by atoms with van der Waals surface area (Å²) in [5.74, 6) is -0.0845. The highest BCUT2D eigenvalue weighted by Crippen LogP contribution is 2.35. The van der Waals surface area contributed by atoms with E-state index in [2.05, 4.69) is 57.2 Å². The fraction of sp³-hybridized carbons (Fsp3) is 0.500. The number of hydrogen-bond acceptors (Lipinski definition) is 2. The molecule has 0 aliphatic heterocycles. The Bertz CT molecular complexity index is 821. The minimum Gasteiger partial charge on any atom is -0.453 e. The number of carbonyl (C=O) groups excluding carboxylic acids is 1. The molecule has 0 spiro atoms. The minimum absolute atomic E-state index is 0.0845. The summed E-state index contributed by atoms with van der Waals surface area (Å²) in [5.41, 5.74) is 2.75. The Morgan fingerprint density at radius 1 is 0.929 bits per heavy atom. The maximum atomic E-state index is 12.3. The molecule has 0 bridgehead atoms. The molecule has 0 N–H and O–H groups in total. The lowest BCUT2D eigenvalue weighted by molar-refractivity contribution is -0.147. The van der Waals surface area contributed by atoms with Gasteiger partial charge in [-0.2, -0.15) is 0 Å². The first-order chi connectivity index (χ1) is 13.4. The molecule has 1 aliphatic carbocycles. The van der Waals surface area contributed by atoms with Gasteiger partial charge in [0.2, 0.25) is 0 Å². The molecular weight excluding hydrogens is 344 g/mol. The fourth-order valence-corrected chi connectivity index (χ4v) is 4.01. The third-order valence-electron chi connectivity index (χ3n) is 5.54. The van der Waals surface area contributed by atoms with E-state index in [0.717, 1.165) is 18.4 Å². The van der Waals surface area contributed by atoms with E-state index in [4.69, 9.17) is 4.74 Å². The molecule has 2 aromatic rings. The van der Waals surface area contributed by atoms with E-state index in [1.165, 1.54) is 48.4 Å². The SMILES string of the molecule is CC(C)(C)CCCCCCCCC(=O)OC1C=Cc2cccc3cccc1c23. The molecule has 1 aliphatic rings. The number of ether oxygens (including phenoxy) is 1. The van der Waals surface area contributed by atoms with Crippen LogP contribution < -0.4 is 0 Å². The second-order valence-corrected chi connectivity index (χ2v) is 9.24. The summed E-state index contributed by atoms with van der Waals surface area (Å²) in [5, 5.41) is 2.41. The minimum atomic E-state index is -0.261. The highest BCUT2D eigenvalue weighted by Gasteiger charge is 2.20. The molecule has 0 saturated heterocycles. The fourth-order valence-electron chi connectivity index (χ4n) is 4.01. The Kier molecular flexibility index (Phi) is 6.93. The molecule has 150 valence electrons. The van der Waals surface area contributed by atoms with Crippen LogP contribution in [0.3, 0.4) is 0 Å². The number of rotatable bonds is 9. The Morgan fingerprint density at radius 2 is 1.61 bits per heavy atom. The van der Waals surface area contributed by atoms with E-state index in [1.54, 1.807) is 0 Å². The molecule has 0 heterocycles. The van der Waals surface area contributed by atoms with Crippen molar-refractivity contribution >= 4 is 22.8 Å². The first-order valence-corrected chi connectivity index (χ1v) is 10.8. The standard InChI is InChI=1S/C26H34O2/c1-26(2,3)19-9-7-5-4-6-8-16-24(27)28-23-18-17-21-13-10-12-20-14-11-15-22(23)25(20)21/h10-15,17-18,23H,4-9,16,19H2,1-3H3. The van der Waals surface area contributed by atoms with Gasteiger partial charge in [0.15, 0.2) is 0 Å². The van der Waals surface area contributed by atoms with Crippen LogP contribution in [-0.4, -0.2) is 5.97 Å². The molecule has 0 aromatic heterocycles. The van der Waals surface area contributed by atoms with Gasteiger partial charge >= 0.3 is 5.97 Å². The molecule has 1 unspecified atom stereocenters. The van der Waals surface area contributed by atoms with Crippen LogP contribution >= 0.6 is 0 Å². The van der Waals surface area contributed by atoms with Crippen molar-refractivity contribution in [3.63, 3.8) is 0 Å². The topological polar surface area (TPSA) is 26.3 Å². The monoisotopic (exact) mass is 378 g/mol. The smallest absolute Gasteiger partial charge is 0.306 e. The predicted octanol–water partition coefficient (Wildman–Crippen LogP) is 7.62. The van der Waals surface area contributed by atoms with Crippen LogP contribution in [0.5, 0.6) is 0 Å². The van der Waals surface area contributed by atoms with Gasteiger partial charge in [0, 0.05) is 12.0 Å². The summed E-state index contributed by atoms with van der Waals surface area (Å²) in [6.45, 7) is 6.91. The second kappa shape index (κ2) is 9.41. The zero-order valence-corrected chi connectivity index (χ0v) is 17.7. The first-order valence-electron chi connectivity index (χ1n) is 10.8. The van der Waals surface area contributed by atoms with E-state index >= 15 is 0 Å². The average Bonchev–Trinajstić information content (AvgIpc) is 2.65. The summed E-state index contributed by atoms with van der Waals surface area (Å²) in [7, 11) is 0. The summed E-state index contributed by atoms with van der Waals surface area (Å²) >= 11 is 0. The third kappa shape index (κ3) is 5.70. The largest absolute Gasteiger partial charge is 0.453 e. The average molecular weight is 379 g/mol. The van der Waals surface area contributed by atoms with Crippen molar-refractivity contribution in [2.75, 3.05) is 0 Å². The molecule has 0 saturated carbocycles. The van der Waals surface area contributed by atoms with Crippen molar-refractivity contribution in [3.05, 3.63) is 53.6 Å². The summed E-state index contributed by atoms with van der Waals surface area (Å²) in [6.07, 6.45) is 12.8. The molecule has 28 heavy (non-hydrogen) atoms. The number of carbonyl (C=O) groups is 1. The van der Waals surface area contributed by atoms with Crippen molar-refractivity contribution in [1.82, 2.24) is 0 Å². The van der Waals surface area contributed by atoms with Gasteiger partial charge in [0.1, 0.15) is 6.10 Å². The van der Waals surface area contributed by atoms with Crippen LogP contribution in [0.2, 0.25) is 0 Å². The zero-order chi connectivity index (χ0) is 20.0. The molecule has 1 atom stereocenters. The summed E-state index contributed by atoms with van der Waals surface area (Å²) in [6, 6.07) is 12.5.